The van der Waals surface area contributed by atoms with Gasteiger partial charge < -0.3 is 5.32 Å². The minimum Gasteiger partial charge on any atom is -0.314 e. The van der Waals surface area contributed by atoms with E-state index in [1.165, 1.54) is 43.4 Å². The highest BCUT2D eigenvalue weighted by atomic mass is 15.3. The Kier molecular flexibility index (Phi) is 3.87. The molecule has 1 aromatic rings. The highest BCUT2D eigenvalue weighted by Crippen LogP contribution is 2.39. The van der Waals surface area contributed by atoms with Crippen LogP contribution < -0.4 is 5.32 Å². The number of aromatic nitrogens is 2. The Labute approximate surface area is 122 Å². The fraction of sp³-hybridized carbons (Fsp3) is 0.812. The first kappa shape index (κ1) is 14.1. The number of aryl methyl sites for hydroxylation is 2. The van der Waals surface area contributed by atoms with Crippen LogP contribution in [0.1, 0.15) is 56.3 Å². The van der Waals surface area contributed by atoms with Crippen LogP contribution in [-0.2, 0) is 7.05 Å². The van der Waals surface area contributed by atoms with Crippen LogP contribution in [-0.4, -0.2) is 39.9 Å². The van der Waals surface area contributed by atoms with Gasteiger partial charge in [0.15, 0.2) is 0 Å². The van der Waals surface area contributed by atoms with Crippen molar-refractivity contribution in [3.63, 3.8) is 0 Å². The van der Waals surface area contributed by atoms with E-state index in [1.54, 1.807) is 0 Å². The summed E-state index contributed by atoms with van der Waals surface area (Å²) < 4.78 is 1.96. The van der Waals surface area contributed by atoms with Gasteiger partial charge in [-0.2, -0.15) is 5.10 Å². The number of hydrogen-bond acceptors (Lipinski definition) is 3. The Morgan fingerprint density at radius 1 is 1.30 bits per heavy atom. The first-order valence-electron chi connectivity index (χ1n) is 8.10. The summed E-state index contributed by atoms with van der Waals surface area (Å²) in [6.07, 6.45) is 9.09. The second-order valence-electron chi connectivity index (χ2n) is 6.67. The zero-order valence-electron chi connectivity index (χ0n) is 13.2. The van der Waals surface area contributed by atoms with Crippen LogP contribution in [0.3, 0.4) is 0 Å². The normalized spacial score (nSPS) is 24.9. The van der Waals surface area contributed by atoms with Gasteiger partial charge in [-0.15, -0.1) is 0 Å². The topological polar surface area (TPSA) is 33.1 Å². The molecule has 1 spiro atoms. The Morgan fingerprint density at radius 3 is 2.70 bits per heavy atom. The zero-order chi connectivity index (χ0) is 14.2. The van der Waals surface area contributed by atoms with Gasteiger partial charge in [-0.05, 0) is 26.7 Å². The van der Waals surface area contributed by atoms with Crippen LogP contribution in [0.2, 0.25) is 0 Å². The summed E-state index contributed by atoms with van der Waals surface area (Å²) in [6, 6.07) is 0.476. The van der Waals surface area contributed by atoms with Gasteiger partial charge in [0.2, 0.25) is 0 Å². The number of hydrogen-bond donors (Lipinski definition) is 1. The standard InChI is InChI=1S/C16H28N4/c1-13-15(11-19(3)18-13)14(2)20-10-9-17-12-16(20)7-5-4-6-8-16/h11,14,17H,4-10,12H2,1-3H3. The van der Waals surface area contributed by atoms with Crippen molar-refractivity contribution in [3.05, 3.63) is 17.5 Å². The van der Waals surface area contributed by atoms with Crippen molar-refractivity contribution in [2.45, 2.75) is 57.5 Å². The molecule has 20 heavy (non-hydrogen) atoms. The van der Waals surface area contributed by atoms with E-state index in [2.05, 4.69) is 35.4 Å². The van der Waals surface area contributed by atoms with Gasteiger partial charge in [0.1, 0.15) is 0 Å². The average molecular weight is 276 g/mol. The van der Waals surface area contributed by atoms with Crippen LogP contribution in [0.5, 0.6) is 0 Å². The Hall–Kier alpha value is -0.870. The molecule has 2 heterocycles. The third-order valence-electron chi connectivity index (χ3n) is 5.35. The molecule has 1 atom stereocenters. The maximum atomic E-state index is 4.53. The number of nitrogens with one attached hydrogen (secondary N) is 1. The van der Waals surface area contributed by atoms with E-state index < -0.39 is 0 Å². The molecule has 1 aliphatic heterocycles. The van der Waals surface area contributed by atoms with Crippen LogP contribution in [0.4, 0.5) is 0 Å². The smallest absolute Gasteiger partial charge is 0.0641 e. The summed E-state index contributed by atoms with van der Waals surface area (Å²) in [5.74, 6) is 0. The molecular formula is C16H28N4. The largest absolute Gasteiger partial charge is 0.314 e. The highest BCUT2D eigenvalue weighted by molar-refractivity contribution is 5.21. The fourth-order valence-corrected chi connectivity index (χ4v) is 4.33. The maximum absolute atomic E-state index is 4.53. The molecule has 1 saturated heterocycles. The Bertz CT molecular complexity index is 451. The lowest BCUT2D eigenvalue weighted by Gasteiger charge is -2.52. The lowest BCUT2D eigenvalue weighted by molar-refractivity contribution is -0.00297. The summed E-state index contributed by atoms with van der Waals surface area (Å²) in [7, 11) is 2.03. The molecule has 1 aliphatic carbocycles. The zero-order valence-corrected chi connectivity index (χ0v) is 13.2. The van der Waals surface area contributed by atoms with Gasteiger partial charge in [-0.1, -0.05) is 19.3 Å². The molecule has 1 N–H and O–H groups in total. The molecule has 2 fully saturated rings. The second-order valence-corrected chi connectivity index (χ2v) is 6.67. The van der Waals surface area contributed by atoms with Crippen molar-refractivity contribution in [3.8, 4) is 0 Å². The molecule has 3 rings (SSSR count). The van der Waals surface area contributed by atoms with Crippen LogP contribution >= 0.6 is 0 Å². The third kappa shape index (κ3) is 2.40. The summed E-state index contributed by atoms with van der Waals surface area (Å²) in [5, 5.41) is 8.17. The van der Waals surface area contributed by atoms with E-state index in [1.807, 2.05) is 11.7 Å². The van der Waals surface area contributed by atoms with E-state index >= 15 is 0 Å². The molecule has 2 aliphatic rings. The summed E-state index contributed by atoms with van der Waals surface area (Å²) in [6.45, 7) is 7.95. The third-order valence-corrected chi connectivity index (χ3v) is 5.35. The van der Waals surface area contributed by atoms with Gasteiger partial charge >= 0.3 is 0 Å². The Morgan fingerprint density at radius 2 is 2.05 bits per heavy atom. The van der Waals surface area contributed by atoms with E-state index in [-0.39, 0.29) is 0 Å². The lowest BCUT2D eigenvalue weighted by Crippen LogP contribution is -2.62. The van der Waals surface area contributed by atoms with Gasteiger partial charge in [-0.25, -0.2) is 0 Å². The maximum Gasteiger partial charge on any atom is 0.0641 e. The van der Waals surface area contributed by atoms with Gasteiger partial charge in [0, 0.05) is 50.0 Å². The van der Waals surface area contributed by atoms with Crippen molar-refractivity contribution in [1.29, 1.82) is 0 Å². The number of piperazine rings is 1. The van der Waals surface area contributed by atoms with Crippen LogP contribution in [0.15, 0.2) is 6.20 Å². The van der Waals surface area contributed by atoms with Crippen LogP contribution in [0, 0.1) is 6.92 Å². The van der Waals surface area contributed by atoms with E-state index in [0.29, 0.717) is 11.6 Å². The molecule has 0 bridgehead atoms. The van der Waals surface area contributed by atoms with Crippen molar-refractivity contribution in [2.75, 3.05) is 19.6 Å². The second kappa shape index (κ2) is 5.49. The predicted molar refractivity (Wildman–Crippen MR) is 81.8 cm³/mol. The number of rotatable bonds is 2. The van der Waals surface area contributed by atoms with Crippen molar-refractivity contribution < 1.29 is 0 Å². The fourth-order valence-electron chi connectivity index (χ4n) is 4.33. The van der Waals surface area contributed by atoms with E-state index in [4.69, 9.17) is 0 Å². The molecule has 4 nitrogen and oxygen atoms in total. The summed E-state index contributed by atoms with van der Waals surface area (Å²) in [5.41, 5.74) is 2.97. The van der Waals surface area contributed by atoms with E-state index in [9.17, 15) is 0 Å². The first-order chi connectivity index (χ1) is 9.62. The highest BCUT2D eigenvalue weighted by Gasteiger charge is 2.42. The van der Waals surface area contributed by atoms with Crippen molar-refractivity contribution in [1.82, 2.24) is 20.0 Å². The minimum absolute atomic E-state index is 0.387. The minimum atomic E-state index is 0.387. The molecule has 1 aromatic heterocycles. The van der Waals surface area contributed by atoms with Crippen molar-refractivity contribution >= 4 is 0 Å². The summed E-state index contributed by atoms with van der Waals surface area (Å²) in [4.78, 5) is 2.77. The van der Waals surface area contributed by atoms with Gasteiger partial charge in [-0.3, -0.25) is 9.58 Å². The predicted octanol–water partition coefficient (Wildman–Crippen LogP) is 2.40. The van der Waals surface area contributed by atoms with Gasteiger partial charge in [0.25, 0.3) is 0 Å². The average Bonchev–Trinajstić information content (AvgIpc) is 2.78. The molecule has 112 valence electrons. The quantitative estimate of drug-likeness (QED) is 0.900. The first-order valence-corrected chi connectivity index (χ1v) is 8.10. The molecule has 4 heteroatoms. The molecule has 1 unspecified atom stereocenters. The molecule has 1 saturated carbocycles. The lowest BCUT2D eigenvalue weighted by atomic mass is 9.78. The van der Waals surface area contributed by atoms with Crippen molar-refractivity contribution in [2.24, 2.45) is 7.05 Å². The Balaban J connectivity index is 1.87. The molecule has 0 aromatic carbocycles. The monoisotopic (exact) mass is 276 g/mol. The molecular weight excluding hydrogens is 248 g/mol. The van der Waals surface area contributed by atoms with E-state index in [0.717, 1.165) is 19.6 Å². The molecule has 0 amide bonds. The summed E-state index contributed by atoms with van der Waals surface area (Å²) >= 11 is 0. The SMILES string of the molecule is Cc1nn(C)cc1C(C)N1CCNCC12CCCCC2. The van der Waals surface area contributed by atoms with Crippen LogP contribution in [0.25, 0.3) is 0 Å². The number of nitrogens with zero attached hydrogens (tertiary/aromatic N) is 3. The molecule has 0 radical (unpaired) electrons. The van der Waals surface area contributed by atoms with Gasteiger partial charge in [0.05, 0.1) is 5.69 Å².